The predicted octanol–water partition coefficient (Wildman–Crippen LogP) is 6.27. The van der Waals surface area contributed by atoms with Crippen LogP contribution in [0.4, 0.5) is 10.5 Å². The SMILES string of the molecule is CCCCOc1ccc(N2C(=O)NC(=O)/C(=C/c3cc(Br)c(OCc4ccccc4)c(OCC)c3)C2=O)cc1. The van der Waals surface area contributed by atoms with Crippen LogP contribution in [0.15, 0.2) is 76.8 Å². The van der Waals surface area contributed by atoms with E-state index in [1.807, 2.05) is 37.3 Å². The maximum atomic E-state index is 13.3. The van der Waals surface area contributed by atoms with E-state index in [9.17, 15) is 14.4 Å². The van der Waals surface area contributed by atoms with Gasteiger partial charge in [0.2, 0.25) is 0 Å². The van der Waals surface area contributed by atoms with Crippen molar-refractivity contribution in [3.63, 3.8) is 0 Å². The third-order valence-electron chi connectivity index (χ3n) is 5.83. The van der Waals surface area contributed by atoms with Crippen LogP contribution in [-0.2, 0) is 16.2 Å². The molecule has 3 aromatic carbocycles. The second-order valence-corrected chi connectivity index (χ2v) is 9.55. The number of nitrogens with one attached hydrogen (secondary N) is 1. The maximum Gasteiger partial charge on any atom is 0.335 e. The second-order valence-electron chi connectivity index (χ2n) is 8.69. The van der Waals surface area contributed by atoms with Crippen molar-refractivity contribution in [2.45, 2.75) is 33.3 Å². The van der Waals surface area contributed by atoms with Crippen LogP contribution in [0.3, 0.4) is 0 Å². The van der Waals surface area contributed by atoms with Gasteiger partial charge in [0.15, 0.2) is 11.5 Å². The molecule has 0 aliphatic carbocycles. The second kappa shape index (κ2) is 13.1. The van der Waals surface area contributed by atoms with Gasteiger partial charge >= 0.3 is 6.03 Å². The normalized spacial score (nSPS) is 14.4. The maximum absolute atomic E-state index is 13.3. The first-order chi connectivity index (χ1) is 18.9. The standard InChI is InChI=1S/C30H29BrN2O6/c1-3-5-15-38-23-13-11-22(12-14-23)33-29(35)24(28(34)32-30(33)36)16-21-17-25(31)27(26(18-21)37-4-2)39-19-20-9-7-6-8-10-20/h6-14,16-18H,3-5,15,19H2,1-2H3,(H,32,34,36)/b24-16-. The van der Waals surface area contributed by atoms with E-state index in [0.29, 0.717) is 52.8 Å². The predicted molar refractivity (Wildman–Crippen MR) is 152 cm³/mol. The van der Waals surface area contributed by atoms with Crippen LogP contribution in [0.2, 0.25) is 0 Å². The van der Waals surface area contributed by atoms with Gasteiger partial charge in [0.05, 0.1) is 23.4 Å². The summed E-state index contributed by atoms with van der Waals surface area (Å²) in [7, 11) is 0. The molecular weight excluding hydrogens is 564 g/mol. The van der Waals surface area contributed by atoms with Gasteiger partial charge in [0, 0.05) is 0 Å². The fraction of sp³-hybridized carbons (Fsp3) is 0.233. The van der Waals surface area contributed by atoms with Crippen LogP contribution in [0.1, 0.15) is 37.8 Å². The van der Waals surface area contributed by atoms with E-state index in [4.69, 9.17) is 14.2 Å². The summed E-state index contributed by atoms with van der Waals surface area (Å²) in [6.07, 6.45) is 3.36. The van der Waals surface area contributed by atoms with Crippen LogP contribution in [0.5, 0.6) is 17.2 Å². The van der Waals surface area contributed by atoms with Crippen molar-refractivity contribution in [3.05, 3.63) is 87.9 Å². The van der Waals surface area contributed by atoms with Crippen LogP contribution in [0.25, 0.3) is 6.08 Å². The Labute approximate surface area is 235 Å². The zero-order chi connectivity index (χ0) is 27.8. The Morgan fingerprint density at radius 1 is 0.923 bits per heavy atom. The highest BCUT2D eigenvalue weighted by atomic mass is 79.9. The Morgan fingerprint density at radius 2 is 1.67 bits per heavy atom. The molecule has 1 heterocycles. The highest BCUT2D eigenvalue weighted by Crippen LogP contribution is 2.38. The number of urea groups is 1. The molecule has 1 aliphatic rings. The van der Waals surface area contributed by atoms with E-state index >= 15 is 0 Å². The van der Waals surface area contributed by atoms with Gasteiger partial charge < -0.3 is 14.2 Å². The number of rotatable bonds is 11. The molecule has 1 saturated heterocycles. The summed E-state index contributed by atoms with van der Waals surface area (Å²) in [5, 5.41) is 2.25. The van der Waals surface area contributed by atoms with E-state index < -0.39 is 17.8 Å². The number of nitrogens with zero attached hydrogens (tertiary/aromatic N) is 1. The summed E-state index contributed by atoms with van der Waals surface area (Å²) in [5.41, 5.74) is 1.64. The molecule has 0 bridgehead atoms. The van der Waals surface area contributed by atoms with Crippen molar-refractivity contribution in [1.82, 2.24) is 5.32 Å². The Kier molecular flexibility index (Phi) is 9.38. The number of ether oxygens (including phenoxy) is 3. The number of anilines is 1. The summed E-state index contributed by atoms with van der Waals surface area (Å²) < 4.78 is 18.1. The molecule has 8 nitrogen and oxygen atoms in total. The lowest BCUT2D eigenvalue weighted by molar-refractivity contribution is -0.122. The van der Waals surface area contributed by atoms with Gasteiger partial charge in [0.1, 0.15) is 17.9 Å². The van der Waals surface area contributed by atoms with E-state index in [2.05, 4.69) is 28.2 Å². The molecule has 39 heavy (non-hydrogen) atoms. The summed E-state index contributed by atoms with van der Waals surface area (Å²) in [6.45, 7) is 5.22. The number of benzene rings is 3. The van der Waals surface area contributed by atoms with Gasteiger partial charge in [-0.1, -0.05) is 43.7 Å². The third-order valence-corrected chi connectivity index (χ3v) is 6.42. The first kappa shape index (κ1) is 27.9. The van der Waals surface area contributed by atoms with Crippen LogP contribution >= 0.6 is 15.9 Å². The average molecular weight is 593 g/mol. The first-order valence-corrected chi connectivity index (χ1v) is 13.5. The Balaban J connectivity index is 1.59. The smallest absolute Gasteiger partial charge is 0.335 e. The number of halogens is 1. The van der Waals surface area contributed by atoms with Gasteiger partial charge in [-0.25, -0.2) is 9.69 Å². The molecular formula is C30H29BrN2O6. The van der Waals surface area contributed by atoms with E-state index in [1.54, 1.807) is 36.4 Å². The average Bonchev–Trinajstić information content (AvgIpc) is 2.92. The van der Waals surface area contributed by atoms with Gasteiger partial charge in [-0.3, -0.25) is 14.9 Å². The fourth-order valence-electron chi connectivity index (χ4n) is 3.89. The molecule has 0 radical (unpaired) electrons. The lowest BCUT2D eigenvalue weighted by Gasteiger charge is -2.26. The fourth-order valence-corrected chi connectivity index (χ4v) is 4.46. The summed E-state index contributed by atoms with van der Waals surface area (Å²) >= 11 is 3.53. The number of imide groups is 2. The van der Waals surface area contributed by atoms with E-state index in [1.165, 1.54) is 6.08 Å². The van der Waals surface area contributed by atoms with E-state index in [-0.39, 0.29) is 5.57 Å². The number of hydrogen-bond donors (Lipinski definition) is 1. The Morgan fingerprint density at radius 3 is 2.36 bits per heavy atom. The molecule has 0 saturated carbocycles. The Bertz CT molecular complexity index is 1370. The lowest BCUT2D eigenvalue weighted by atomic mass is 10.1. The molecule has 4 rings (SSSR count). The van der Waals surface area contributed by atoms with Crippen molar-refractivity contribution in [2.24, 2.45) is 0 Å². The monoisotopic (exact) mass is 592 g/mol. The zero-order valence-corrected chi connectivity index (χ0v) is 23.3. The van der Waals surface area contributed by atoms with Crippen LogP contribution in [0, 0.1) is 0 Å². The molecule has 4 amide bonds. The van der Waals surface area contributed by atoms with Gasteiger partial charge in [-0.05, 0) is 82.9 Å². The minimum Gasteiger partial charge on any atom is -0.494 e. The molecule has 1 N–H and O–H groups in total. The summed E-state index contributed by atoms with van der Waals surface area (Å²) in [5.74, 6) is 0.0678. The topological polar surface area (TPSA) is 94.2 Å². The number of unbranched alkanes of at least 4 members (excludes halogenated alkanes) is 1. The molecule has 1 aliphatic heterocycles. The minimum atomic E-state index is -0.817. The van der Waals surface area contributed by atoms with E-state index in [0.717, 1.165) is 23.3 Å². The van der Waals surface area contributed by atoms with Crippen LogP contribution in [-0.4, -0.2) is 31.1 Å². The highest BCUT2D eigenvalue weighted by Gasteiger charge is 2.37. The molecule has 202 valence electrons. The molecule has 9 heteroatoms. The first-order valence-electron chi connectivity index (χ1n) is 12.7. The Hall–Kier alpha value is -4.11. The van der Waals surface area contributed by atoms with Crippen molar-refractivity contribution < 1.29 is 28.6 Å². The van der Waals surface area contributed by atoms with Gasteiger partial charge in [-0.2, -0.15) is 0 Å². The van der Waals surface area contributed by atoms with Gasteiger partial charge in [-0.15, -0.1) is 0 Å². The number of carbonyl (C=O) groups excluding carboxylic acids is 3. The van der Waals surface area contributed by atoms with Crippen LogP contribution < -0.4 is 24.4 Å². The summed E-state index contributed by atoms with van der Waals surface area (Å²) in [6, 6.07) is 18.9. The lowest BCUT2D eigenvalue weighted by Crippen LogP contribution is -2.54. The largest absolute Gasteiger partial charge is 0.494 e. The number of hydrogen-bond acceptors (Lipinski definition) is 6. The zero-order valence-electron chi connectivity index (χ0n) is 21.7. The molecule has 0 aromatic heterocycles. The molecule has 0 atom stereocenters. The number of carbonyl (C=O) groups is 3. The number of amides is 4. The highest BCUT2D eigenvalue weighted by molar-refractivity contribution is 9.10. The quantitative estimate of drug-likeness (QED) is 0.160. The van der Waals surface area contributed by atoms with Crippen molar-refractivity contribution in [1.29, 1.82) is 0 Å². The molecule has 0 unspecified atom stereocenters. The van der Waals surface area contributed by atoms with Crippen molar-refractivity contribution in [2.75, 3.05) is 18.1 Å². The molecule has 0 spiro atoms. The summed E-state index contributed by atoms with van der Waals surface area (Å²) in [4.78, 5) is 39.6. The minimum absolute atomic E-state index is 0.190. The third kappa shape index (κ3) is 6.86. The number of barbiturate groups is 1. The van der Waals surface area contributed by atoms with Crippen molar-refractivity contribution in [3.8, 4) is 17.2 Å². The molecule has 1 fully saturated rings. The van der Waals surface area contributed by atoms with Crippen molar-refractivity contribution >= 4 is 45.5 Å². The van der Waals surface area contributed by atoms with Gasteiger partial charge in [0.25, 0.3) is 11.8 Å². The molecule has 3 aromatic rings.